The van der Waals surface area contributed by atoms with Crippen molar-refractivity contribution in [2.45, 2.75) is 16.1 Å². The lowest BCUT2D eigenvalue weighted by Gasteiger charge is -2.15. The maximum atomic E-state index is 13.7. The molecule has 12 heteroatoms. The number of sulfone groups is 1. The molecule has 0 aliphatic heterocycles. The van der Waals surface area contributed by atoms with Gasteiger partial charge < -0.3 is 0 Å². The van der Waals surface area contributed by atoms with Crippen molar-refractivity contribution in [2.24, 2.45) is 0 Å². The van der Waals surface area contributed by atoms with E-state index in [1.165, 1.54) is 0 Å². The average molecular weight is 391 g/mol. The number of alkyl halides is 3. The molecule has 0 unspecified atom stereocenters. The zero-order chi connectivity index (χ0) is 19.2. The number of rotatable bonds is 3. The molecule has 0 saturated heterocycles. The third kappa shape index (κ3) is 3.38. The van der Waals surface area contributed by atoms with Gasteiger partial charge >= 0.3 is 6.30 Å². The van der Waals surface area contributed by atoms with Crippen LogP contribution in [-0.2, 0) is 9.84 Å². The summed E-state index contributed by atoms with van der Waals surface area (Å²) in [7, 11) is -5.52. The lowest BCUT2D eigenvalue weighted by atomic mass is 10.3. The Balaban J connectivity index is 2.79. The predicted octanol–water partition coefficient (Wildman–Crippen LogP) is 4.15. The molecule has 0 bridgehead atoms. The molecule has 2 rings (SSSR count). The van der Waals surface area contributed by atoms with Gasteiger partial charge in [-0.05, 0) is 12.1 Å². The molecule has 0 saturated carbocycles. The lowest BCUT2D eigenvalue weighted by Crippen LogP contribution is -2.23. The molecule has 0 aliphatic rings. The van der Waals surface area contributed by atoms with E-state index in [2.05, 4.69) is 0 Å². The highest BCUT2D eigenvalue weighted by Gasteiger charge is 2.37. The maximum Gasteiger partial charge on any atom is 0.482 e. The normalized spacial score (nSPS) is 12.3. The molecule has 0 heterocycles. The minimum absolute atomic E-state index is 0.515. The van der Waals surface area contributed by atoms with Crippen molar-refractivity contribution in [1.29, 1.82) is 0 Å². The van der Waals surface area contributed by atoms with Crippen molar-refractivity contribution < 1.29 is 43.5 Å². The predicted molar refractivity (Wildman–Crippen MR) is 67.8 cm³/mol. The summed E-state index contributed by atoms with van der Waals surface area (Å²) in [4.78, 5) is -3.57. The van der Waals surface area contributed by atoms with Crippen LogP contribution < -0.4 is 5.32 Å². The summed E-state index contributed by atoms with van der Waals surface area (Å²) in [5.74, 6) is -13.1. The zero-order valence-electron chi connectivity index (χ0n) is 11.6. The number of halogens is 8. The van der Waals surface area contributed by atoms with Crippen LogP contribution in [-0.4, -0.2) is 14.7 Å². The van der Waals surface area contributed by atoms with Gasteiger partial charge in [0.05, 0.1) is 10.6 Å². The first-order valence-electron chi connectivity index (χ1n) is 6.08. The second-order valence-corrected chi connectivity index (χ2v) is 6.38. The number of hydrogen-bond donors (Lipinski definition) is 1. The van der Waals surface area contributed by atoms with Gasteiger partial charge in [0.1, 0.15) is 4.90 Å². The fraction of sp³-hybridized carbons (Fsp3) is 0.0769. The Hall–Kier alpha value is -2.37. The maximum absolute atomic E-state index is 13.7. The Bertz CT molecular complexity index is 911. The molecule has 1 N–H and O–H groups in total. The minimum atomic E-state index is -5.52. The Morgan fingerprint density at radius 1 is 0.760 bits per heavy atom. The fourth-order valence-corrected chi connectivity index (χ4v) is 3.42. The standard InChI is InChI=1S/C13H5F8NO2S/c14-7-8(15)10(17)12(11(18)9(7)16)25(23,24)6-4-2-1-3-5(6)22-13(19,20)21/h1-4,22H. The quantitative estimate of drug-likeness (QED) is 0.281. The van der Waals surface area contributed by atoms with Gasteiger partial charge in [-0.3, -0.25) is 5.32 Å². The van der Waals surface area contributed by atoms with Crippen LogP contribution in [0.25, 0.3) is 0 Å². The van der Waals surface area contributed by atoms with Crippen LogP contribution in [0.1, 0.15) is 0 Å². The molecule has 25 heavy (non-hydrogen) atoms. The topological polar surface area (TPSA) is 46.2 Å². The number of para-hydroxylation sites is 1. The van der Waals surface area contributed by atoms with Gasteiger partial charge in [-0.2, -0.15) is 13.2 Å². The summed E-state index contributed by atoms with van der Waals surface area (Å²) >= 11 is 0. The van der Waals surface area contributed by atoms with Crippen molar-refractivity contribution in [3.05, 3.63) is 53.4 Å². The highest BCUT2D eigenvalue weighted by Crippen LogP contribution is 2.35. The summed E-state index contributed by atoms with van der Waals surface area (Å²) in [6.07, 6.45) is -5.12. The smallest absolute Gasteiger partial charge is 0.296 e. The van der Waals surface area contributed by atoms with E-state index in [9.17, 15) is 43.5 Å². The first-order valence-corrected chi connectivity index (χ1v) is 7.56. The molecule has 2 aromatic carbocycles. The van der Waals surface area contributed by atoms with Gasteiger partial charge in [-0.25, -0.2) is 30.4 Å². The van der Waals surface area contributed by atoms with Gasteiger partial charge in [0.2, 0.25) is 15.7 Å². The summed E-state index contributed by atoms with van der Waals surface area (Å²) in [5, 5.41) is 0.820. The molecule has 0 radical (unpaired) electrons. The van der Waals surface area contributed by atoms with Crippen molar-refractivity contribution in [3.63, 3.8) is 0 Å². The van der Waals surface area contributed by atoms with E-state index < -0.39 is 60.7 Å². The molecule has 2 aromatic rings. The van der Waals surface area contributed by atoms with E-state index in [0.29, 0.717) is 12.1 Å². The van der Waals surface area contributed by atoms with Crippen LogP contribution in [0.5, 0.6) is 0 Å². The second-order valence-electron chi connectivity index (χ2n) is 4.52. The van der Waals surface area contributed by atoms with Crippen molar-refractivity contribution in [2.75, 3.05) is 5.32 Å². The molecule has 0 fully saturated rings. The molecule has 0 atom stereocenters. The van der Waals surface area contributed by atoms with E-state index in [4.69, 9.17) is 0 Å². The number of nitrogens with one attached hydrogen (secondary N) is 1. The third-order valence-corrected chi connectivity index (χ3v) is 4.72. The fourth-order valence-electron chi connectivity index (χ4n) is 1.89. The van der Waals surface area contributed by atoms with Gasteiger partial charge in [0.25, 0.3) is 0 Å². The summed E-state index contributed by atoms with van der Waals surface area (Å²) in [6, 6.07) is 2.99. The summed E-state index contributed by atoms with van der Waals surface area (Å²) in [6.45, 7) is 0. The van der Waals surface area contributed by atoms with Crippen molar-refractivity contribution in [1.82, 2.24) is 0 Å². The minimum Gasteiger partial charge on any atom is -0.296 e. The van der Waals surface area contributed by atoms with E-state index in [1.807, 2.05) is 0 Å². The first-order chi connectivity index (χ1) is 11.4. The monoisotopic (exact) mass is 391 g/mol. The zero-order valence-corrected chi connectivity index (χ0v) is 12.4. The van der Waals surface area contributed by atoms with Gasteiger partial charge in [0, 0.05) is 0 Å². The van der Waals surface area contributed by atoms with Crippen LogP contribution in [0, 0.1) is 29.1 Å². The molecular formula is C13H5F8NO2S. The molecule has 3 nitrogen and oxygen atoms in total. The van der Waals surface area contributed by atoms with Gasteiger partial charge in [-0.1, -0.05) is 12.1 Å². The molecule has 0 aromatic heterocycles. The average Bonchev–Trinajstić information content (AvgIpc) is 2.50. The van der Waals surface area contributed by atoms with Crippen LogP contribution in [0.3, 0.4) is 0 Å². The third-order valence-electron chi connectivity index (χ3n) is 2.89. The Morgan fingerprint density at radius 2 is 1.20 bits per heavy atom. The largest absolute Gasteiger partial charge is 0.482 e. The Kier molecular flexibility index (Phi) is 4.68. The summed E-state index contributed by atoms with van der Waals surface area (Å²) < 4.78 is 129. The molecule has 0 aliphatic carbocycles. The SMILES string of the molecule is O=S(=O)(c1ccccc1NC(F)(F)F)c1c(F)c(F)c(F)c(F)c1F. The highest BCUT2D eigenvalue weighted by atomic mass is 32.2. The first kappa shape index (κ1) is 19.0. The molecule has 136 valence electrons. The van der Waals surface area contributed by atoms with Crippen LogP contribution in [0.2, 0.25) is 0 Å². The van der Waals surface area contributed by atoms with E-state index in [-0.39, 0.29) is 0 Å². The Labute approximate surface area is 134 Å². The highest BCUT2D eigenvalue weighted by molar-refractivity contribution is 7.91. The number of benzene rings is 2. The number of hydrogen-bond acceptors (Lipinski definition) is 3. The molecule has 0 spiro atoms. The lowest BCUT2D eigenvalue weighted by molar-refractivity contribution is -0.100. The van der Waals surface area contributed by atoms with Crippen molar-refractivity contribution in [3.8, 4) is 0 Å². The van der Waals surface area contributed by atoms with Gasteiger partial charge in [0.15, 0.2) is 23.3 Å². The second kappa shape index (κ2) is 6.17. The van der Waals surface area contributed by atoms with Gasteiger partial charge in [-0.15, -0.1) is 0 Å². The number of anilines is 1. The van der Waals surface area contributed by atoms with Crippen LogP contribution in [0.15, 0.2) is 34.1 Å². The van der Waals surface area contributed by atoms with Crippen LogP contribution >= 0.6 is 0 Å². The Morgan fingerprint density at radius 3 is 1.68 bits per heavy atom. The van der Waals surface area contributed by atoms with E-state index in [0.717, 1.165) is 17.4 Å². The van der Waals surface area contributed by atoms with Crippen molar-refractivity contribution >= 4 is 15.5 Å². The summed E-state index contributed by atoms with van der Waals surface area (Å²) in [5.41, 5.74) is -1.15. The van der Waals surface area contributed by atoms with Crippen LogP contribution in [0.4, 0.5) is 40.8 Å². The van der Waals surface area contributed by atoms with E-state index in [1.54, 1.807) is 0 Å². The molecule has 0 amide bonds. The van der Waals surface area contributed by atoms with E-state index >= 15 is 0 Å². The molecular weight excluding hydrogens is 386 g/mol.